The van der Waals surface area contributed by atoms with Gasteiger partial charge in [0.1, 0.15) is 0 Å². The first-order valence-corrected chi connectivity index (χ1v) is 5.73. The van der Waals surface area contributed by atoms with Gasteiger partial charge in [-0.3, -0.25) is 4.79 Å². The highest BCUT2D eigenvalue weighted by molar-refractivity contribution is 5.96. The van der Waals surface area contributed by atoms with Crippen LogP contribution < -0.4 is 4.90 Å². The van der Waals surface area contributed by atoms with Crippen LogP contribution >= 0.6 is 0 Å². The zero-order valence-electron chi connectivity index (χ0n) is 10.4. The van der Waals surface area contributed by atoms with Crippen LogP contribution in [0.4, 0.5) is 5.69 Å². The fourth-order valence-electron chi connectivity index (χ4n) is 2.01. The van der Waals surface area contributed by atoms with Gasteiger partial charge in [0.15, 0.2) is 0 Å². The first kappa shape index (κ1) is 11.7. The number of nitriles is 1. The predicted molar refractivity (Wildman–Crippen MR) is 66.5 cm³/mol. The Labute approximate surface area is 102 Å². The lowest BCUT2D eigenvalue weighted by Gasteiger charge is -2.18. The first-order chi connectivity index (χ1) is 7.95. The summed E-state index contributed by atoms with van der Waals surface area (Å²) in [6.45, 7) is 4.23. The quantitative estimate of drug-likeness (QED) is 0.780. The number of rotatable bonds is 2. The van der Waals surface area contributed by atoms with Gasteiger partial charge in [-0.15, -0.1) is 0 Å². The predicted octanol–water partition coefficient (Wildman–Crippen LogP) is 2.57. The Hall–Kier alpha value is -1.82. The van der Waals surface area contributed by atoms with Crippen molar-refractivity contribution < 1.29 is 4.79 Å². The molecule has 1 amide bonds. The molecule has 3 nitrogen and oxygen atoms in total. The molecule has 1 aromatic rings. The van der Waals surface area contributed by atoms with Crippen molar-refractivity contribution in [3.63, 3.8) is 0 Å². The summed E-state index contributed by atoms with van der Waals surface area (Å²) < 4.78 is 0. The molecule has 0 spiro atoms. The average Bonchev–Trinajstić information content (AvgIpc) is 2.97. The van der Waals surface area contributed by atoms with E-state index in [2.05, 4.69) is 19.9 Å². The average molecular weight is 228 g/mol. The van der Waals surface area contributed by atoms with Crippen molar-refractivity contribution in [1.29, 1.82) is 5.26 Å². The molecule has 0 heterocycles. The van der Waals surface area contributed by atoms with Gasteiger partial charge in [-0.2, -0.15) is 5.26 Å². The fourth-order valence-corrected chi connectivity index (χ4v) is 2.01. The van der Waals surface area contributed by atoms with Crippen molar-refractivity contribution in [2.24, 2.45) is 11.3 Å². The molecule has 1 fully saturated rings. The Morgan fingerprint density at radius 1 is 1.41 bits per heavy atom. The summed E-state index contributed by atoms with van der Waals surface area (Å²) in [5.41, 5.74) is 1.61. The van der Waals surface area contributed by atoms with E-state index in [9.17, 15) is 4.79 Å². The number of nitrogens with zero attached hydrogens (tertiary/aromatic N) is 2. The van der Waals surface area contributed by atoms with Gasteiger partial charge in [-0.05, 0) is 36.1 Å². The second-order valence-corrected chi connectivity index (χ2v) is 5.30. The summed E-state index contributed by atoms with van der Waals surface area (Å²) in [7, 11) is 1.79. The number of anilines is 1. The summed E-state index contributed by atoms with van der Waals surface area (Å²) in [4.78, 5) is 13.8. The van der Waals surface area contributed by atoms with Crippen LogP contribution in [0.3, 0.4) is 0 Å². The second kappa shape index (κ2) is 3.89. The van der Waals surface area contributed by atoms with Crippen molar-refractivity contribution >= 4 is 11.6 Å². The Bertz CT molecular complexity index is 482. The van der Waals surface area contributed by atoms with Crippen LogP contribution in [-0.2, 0) is 4.79 Å². The van der Waals surface area contributed by atoms with E-state index in [4.69, 9.17) is 5.26 Å². The minimum Gasteiger partial charge on any atom is -0.315 e. The molecule has 3 heteroatoms. The van der Waals surface area contributed by atoms with Crippen LogP contribution in [0, 0.1) is 22.7 Å². The molecular weight excluding hydrogens is 212 g/mol. The molecule has 1 unspecified atom stereocenters. The van der Waals surface area contributed by atoms with Crippen molar-refractivity contribution in [2.75, 3.05) is 11.9 Å². The van der Waals surface area contributed by atoms with Crippen molar-refractivity contribution in [3.8, 4) is 6.07 Å². The molecule has 0 radical (unpaired) electrons. The van der Waals surface area contributed by atoms with E-state index in [1.54, 1.807) is 24.1 Å². The van der Waals surface area contributed by atoms with Gasteiger partial charge in [0, 0.05) is 18.7 Å². The second-order valence-electron chi connectivity index (χ2n) is 5.30. The SMILES string of the molecule is CN(C(=O)C1CC1(C)C)c1ccc(C#N)cc1. The van der Waals surface area contributed by atoms with E-state index >= 15 is 0 Å². The topological polar surface area (TPSA) is 44.1 Å². The molecule has 0 N–H and O–H groups in total. The smallest absolute Gasteiger partial charge is 0.230 e. The van der Waals surface area contributed by atoms with E-state index in [0.717, 1.165) is 12.1 Å². The molecule has 0 aliphatic heterocycles. The molecule has 1 aliphatic carbocycles. The van der Waals surface area contributed by atoms with Gasteiger partial charge in [0.25, 0.3) is 0 Å². The number of carbonyl (C=O) groups is 1. The molecule has 1 saturated carbocycles. The van der Waals surface area contributed by atoms with Crippen LogP contribution in [0.15, 0.2) is 24.3 Å². The van der Waals surface area contributed by atoms with Gasteiger partial charge in [0.05, 0.1) is 11.6 Å². The van der Waals surface area contributed by atoms with Crippen molar-refractivity contribution in [1.82, 2.24) is 0 Å². The van der Waals surface area contributed by atoms with Crippen molar-refractivity contribution in [3.05, 3.63) is 29.8 Å². The molecule has 17 heavy (non-hydrogen) atoms. The fraction of sp³-hybridized carbons (Fsp3) is 0.429. The molecule has 1 aliphatic rings. The molecule has 1 aromatic carbocycles. The summed E-state index contributed by atoms with van der Waals surface area (Å²) in [5.74, 6) is 0.308. The maximum absolute atomic E-state index is 12.1. The summed E-state index contributed by atoms with van der Waals surface area (Å²) in [6.07, 6.45) is 0.965. The van der Waals surface area contributed by atoms with E-state index in [-0.39, 0.29) is 17.2 Å². The van der Waals surface area contributed by atoms with Crippen LogP contribution in [0.25, 0.3) is 0 Å². The molecule has 0 saturated heterocycles. The third-order valence-electron chi connectivity index (χ3n) is 3.53. The molecular formula is C14H16N2O. The van der Waals surface area contributed by atoms with E-state index < -0.39 is 0 Å². The number of carbonyl (C=O) groups excluding carboxylic acids is 1. The maximum Gasteiger partial charge on any atom is 0.230 e. The monoisotopic (exact) mass is 228 g/mol. The summed E-state index contributed by atoms with van der Waals surface area (Å²) in [5, 5.41) is 8.71. The van der Waals surface area contributed by atoms with E-state index in [1.165, 1.54) is 0 Å². The number of hydrogen-bond acceptors (Lipinski definition) is 2. The lowest BCUT2D eigenvalue weighted by atomic mass is 10.1. The standard InChI is InChI=1S/C14H16N2O/c1-14(2)8-12(14)13(17)16(3)11-6-4-10(9-15)5-7-11/h4-7,12H,8H2,1-3H3. The molecule has 88 valence electrons. The van der Waals surface area contributed by atoms with Crippen LogP contribution in [0.2, 0.25) is 0 Å². The zero-order chi connectivity index (χ0) is 12.6. The zero-order valence-corrected chi connectivity index (χ0v) is 10.4. The largest absolute Gasteiger partial charge is 0.315 e. The van der Waals surface area contributed by atoms with Crippen LogP contribution in [0.1, 0.15) is 25.8 Å². The minimum absolute atomic E-state index is 0.142. The van der Waals surface area contributed by atoms with Gasteiger partial charge < -0.3 is 4.90 Å². The first-order valence-electron chi connectivity index (χ1n) is 5.73. The van der Waals surface area contributed by atoms with Crippen molar-refractivity contribution in [2.45, 2.75) is 20.3 Å². The third-order valence-corrected chi connectivity index (χ3v) is 3.53. The van der Waals surface area contributed by atoms with Gasteiger partial charge >= 0.3 is 0 Å². The minimum atomic E-state index is 0.142. The number of hydrogen-bond donors (Lipinski definition) is 0. The lowest BCUT2D eigenvalue weighted by molar-refractivity contribution is -0.120. The maximum atomic E-state index is 12.1. The van der Waals surface area contributed by atoms with E-state index in [1.807, 2.05) is 12.1 Å². The van der Waals surface area contributed by atoms with E-state index in [0.29, 0.717) is 5.56 Å². The Balaban J connectivity index is 2.12. The normalized spacial score (nSPS) is 20.5. The lowest BCUT2D eigenvalue weighted by Crippen LogP contribution is -2.29. The molecule has 0 bridgehead atoms. The van der Waals surface area contributed by atoms with Crippen LogP contribution in [-0.4, -0.2) is 13.0 Å². The third kappa shape index (κ3) is 2.16. The van der Waals surface area contributed by atoms with Crippen LogP contribution in [0.5, 0.6) is 0 Å². The van der Waals surface area contributed by atoms with Gasteiger partial charge in [0.2, 0.25) is 5.91 Å². The number of benzene rings is 1. The Kier molecular flexibility index (Phi) is 2.66. The highest BCUT2D eigenvalue weighted by Gasteiger charge is 2.51. The molecule has 1 atom stereocenters. The Morgan fingerprint density at radius 3 is 2.35 bits per heavy atom. The van der Waals surface area contributed by atoms with Gasteiger partial charge in [-0.1, -0.05) is 13.8 Å². The van der Waals surface area contributed by atoms with Gasteiger partial charge in [-0.25, -0.2) is 0 Å². The molecule has 2 rings (SSSR count). The molecule has 0 aromatic heterocycles. The Morgan fingerprint density at radius 2 is 1.94 bits per heavy atom. The number of amides is 1. The summed E-state index contributed by atoms with van der Waals surface area (Å²) >= 11 is 0. The highest BCUT2D eigenvalue weighted by Crippen LogP contribution is 2.52. The summed E-state index contributed by atoms with van der Waals surface area (Å²) in [6, 6.07) is 9.16. The highest BCUT2D eigenvalue weighted by atomic mass is 16.2.